The monoisotopic (exact) mass is 350 g/mol. The van der Waals surface area contributed by atoms with E-state index in [9.17, 15) is 13.2 Å². The summed E-state index contributed by atoms with van der Waals surface area (Å²) >= 11 is 3.19. The van der Waals surface area contributed by atoms with E-state index in [0.717, 1.165) is 44.4 Å². The zero-order valence-corrected chi connectivity index (χ0v) is 12.6. The Bertz CT molecular complexity index is 454. The number of rotatable bonds is 3. The van der Waals surface area contributed by atoms with E-state index in [1.807, 2.05) is 0 Å². The lowest BCUT2D eigenvalue weighted by Crippen LogP contribution is -2.29. The van der Waals surface area contributed by atoms with Gasteiger partial charge in [0.25, 0.3) is 0 Å². The maximum absolute atomic E-state index is 12.6. The smallest absolute Gasteiger partial charge is 0.384 e. The largest absolute Gasteiger partial charge is 0.416 e. The van der Waals surface area contributed by atoms with Gasteiger partial charge < -0.3 is 11.1 Å². The number of benzene rings is 1. The Kier molecular flexibility index (Phi) is 4.96. The highest BCUT2D eigenvalue weighted by Gasteiger charge is 2.30. The van der Waals surface area contributed by atoms with Crippen LogP contribution in [0.5, 0.6) is 0 Å². The molecule has 1 fully saturated rings. The third-order valence-corrected chi connectivity index (χ3v) is 4.43. The van der Waals surface area contributed by atoms with E-state index in [0.29, 0.717) is 22.1 Å². The number of anilines is 1. The van der Waals surface area contributed by atoms with Gasteiger partial charge in [-0.25, -0.2) is 0 Å². The minimum absolute atomic E-state index is 0.309. The lowest BCUT2D eigenvalue weighted by molar-refractivity contribution is -0.137. The van der Waals surface area contributed by atoms with Gasteiger partial charge in [-0.1, -0.05) is 0 Å². The normalized spacial score (nSPS) is 23.6. The van der Waals surface area contributed by atoms with Gasteiger partial charge in [0.05, 0.1) is 5.56 Å². The lowest BCUT2D eigenvalue weighted by Gasteiger charge is -2.26. The molecule has 0 atom stereocenters. The Morgan fingerprint density at radius 3 is 2.40 bits per heavy atom. The SMILES string of the molecule is NC1CCC(CNc2ccc(C(F)(F)F)cc2Br)CC1. The molecule has 1 aliphatic rings. The quantitative estimate of drug-likeness (QED) is 0.847. The molecule has 112 valence electrons. The third kappa shape index (κ3) is 4.12. The Balaban J connectivity index is 1.93. The second-order valence-electron chi connectivity index (χ2n) is 5.35. The molecule has 0 spiro atoms. The average Bonchev–Trinajstić information content (AvgIpc) is 2.38. The first kappa shape index (κ1) is 15.6. The maximum atomic E-state index is 12.6. The van der Waals surface area contributed by atoms with Gasteiger partial charge in [-0.2, -0.15) is 13.2 Å². The van der Waals surface area contributed by atoms with Crippen LogP contribution in [0.25, 0.3) is 0 Å². The summed E-state index contributed by atoms with van der Waals surface area (Å²) in [7, 11) is 0. The number of nitrogens with one attached hydrogen (secondary N) is 1. The van der Waals surface area contributed by atoms with Gasteiger partial charge >= 0.3 is 6.18 Å². The molecule has 20 heavy (non-hydrogen) atoms. The number of alkyl halides is 3. The third-order valence-electron chi connectivity index (χ3n) is 3.77. The average molecular weight is 351 g/mol. The molecule has 2 rings (SSSR count). The summed E-state index contributed by atoms with van der Waals surface area (Å²) in [6.07, 6.45) is -0.0968. The minimum Gasteiger partial charge on any atom is -0.384 e. The van der Waals surface area contributed by atoms with Crippen LogP contribution in [0.3, 0.4) is 0 Å². The number of hydrogen-bond donors (Lipinski definition) is 2. The molecule has 3 N–H and O–H groups in total. The molecule has 0 radical (unpaired) electrons. The molecule has 1 saturated carbocycles. The fourth-order valence-electron chi connectivity index (χ4n) is 2.48. The van der Waals surface area contributed by atoms with Crippen molar-refractivity contribution in [3.63, 3.8) is 0 Å². The van der Waals surface area contributed by atoms with E-state index in [2.05, 4.69) is 21.2 Å². The second kappa shape index (κ2) is 6.35. The Hall–Kier alpha value is -0.750. The van der Waals surface area contributed by atoms with Crippen molar-refractivity contribution in [2.75, 3.05) is 11.9 Å². The van der Waals surface area contributed by atoms with Gasteiger partial charge in [-0.3, -0.25) is 0 Å². The van der Waals surface area contributed by atoms with Crippen molar-refractivity contribution in [1.29, 1.82) is 0 Å². The summed E-state index contributed by atoms with van der Waals surface area (Å²) in [6, 6.07) is 3.99. The van der Waals surface area contributed by atoms with Gasteiger partial charge in [0, 0.05) is 22.7 Å². The van der Waals surface area contributed by atoms with Crippen molar-refractivity contribution in [3.8, 4) is 0 Å². The Morgan fingerprint density at radius 2 is 1.85 bits per heavy atom. The highest BCUT2D eigenvalue weighted by Crippen LogP contribution is 2.34. The van der Waals surface area contributed by atoms with Crippen LogP contribution >= 0.6 is 15.9 Å². The fourth-order valence-corrected chi connectivity index (χ4v) is 3.00. The van der Waals surface area contributed by atoms with Gasteiger partial charge in [0.15, 0.2) is 0 Å². The van der Waals surface area contributed by atoms with E-state index in [-0.39, 0.29) is 0 Å². The first-order chi connectivity index (χ1) is 9.36. The zero-order valence-electron chi connectivity index (χ0n) is 11.0. The molecule has 0 aromatic heterocycles. The highest BCUT2D eigenvalue weighted by atomic mass is 79.9. The van der Waals surface area contributed by atoms with Crippen LogP contribution in [0.15, 0.2) is 22.7 Å². The van der Waals surface area contributed by atoms with Crippen molar-refractivity contribution in [1.82, 2.24) is 0 Å². The van der Waals surface area contributed by atoms with Gasteiger partial charge in [0.2, 0.25) is 0 Å². The summed E-state index contributed by atoms with van der Waals surface area (Å²) in [5.41, 5.74) is 5.91. The van der Waals surface area contributed by atoms with Crippen LogP contribution in [-0.4, -0.2) is 12.6 Å². The van der Waals surface area contributed by atoms with Crippen molar-refractivity contribution in [2.45, 2.75) is 37.9 Å². The molecule has 1 aromatic rings. The van der Waals surface area contributed by atoms with Crippen LogP contribution in [0.2, 0.25) is 0 Å². The predicted octanol–water partition coefficient (Wildman–Crippen LogP) is 4.40. The van der Waals surface area contributed by atoms with Crippen LogP contribution in [0.4, 0.5) is 18.9 Å². The Labute approximate surface area is 125 Å². The molecule has 0 heterocycles. The van der Waals surface area contributed by atoms with Gasteiger partial charge in [0.1, 0.15) is 0 Å². The van der Waals surface area contributed by atoms with Crippen molar-refractivity contribution >= 4 is 21.6 Å². The van der Waals surface area contributed by atoms with Crippen molar-refractivity contribution in [3.05, 3.63) is 28.2 Å². The molecular weight excluding hydrogens is 333 g/mol. The van der Waals surface area contributed by atoms with Crippen molar-refractivity contribution in [2.24, 2.45) is 11.7 Å². The molecule has 0 aliphatic heterocycles. The number of halogens is 4. The molecule has 1 aromatic carbocycles. The second-order valence-corrected chi connectivity index (χ2v) is 6.21. The van der Waals surface area contributed by atoms with Gasteiger partial charge in [-0.15, -0.1) is 0 Å². The van der Waals surface area contributed by atoms with Gasteiger partial charge in [-0.05, 0) is 65.7 Å². The van der Waals surface area contributed by atoms with E-state index < -0.39 is 11.7 Å². The molecule has 1 aliphatic carbocycles. The predicted molar refractivity (Wildman–Crippen MR) is 77.6 cm³/mol. The summed E-state index contributed by atoms with van der Waals surface area (Å²) in [4.78, 5) is 0. The first-order valence-electron chi connectivity index (χ1n) is 6.72. The molecule has 0 unspecified atom stereocenters. The van der Waals surface area contributed by atoms with Crippen LogP contribution < -0.4 is 11.1 Å². The molecule has 0 saturated heterocycles. The van der Waals surface area contributed by atoms with Crippen molar-refractivity contribution < 1.29 is 13.2 Å². The lowest BCUT2D eigenvalue weighted by atomic mass is 9.86. The maximum Gasteiger partial charge on any atom is 0.416 e. The van der Waals surface area contributed by atoms with Crippen LogP contribution in [0, 0.1) is 5.92 Å². The summed E-state index contributed by atoms with van der Waals surface area (Å²) in [6.45, 7) is 0.774. The molecular formula is C14H18BrF3N2. The van der Waals surface area contributed by atoms with E-state index in [4.69, 9.17) is 5.73 Å². The Morgan fingerprint density at radius 1 is 1.20 bits per heavy atom. The van der Waals surface area contributed by atoms with Crippen LogP contribution in [-0.2, 0) is 6.18 Å². The number of nitrogens with two attached hydrogens (primary N) is 1. The first-order valence-corrected chi connectivity index (χ1v) is 7.52. The summed E-state index contributed by atoms with van der Waals surface area (Å²) in [5, 5.41) is 3.22. The summed E-state index contributed by atoms with van der Waals surface area (Å²) in [5.74, 6) is 0.545. The van der Waals surface area contributed by atoms with Crippen LogP contribution in [0.1, 0.15) is 31.2 Å². The fraction of sp³-hybridized carbons (Fsp3) is 0.571. The molecule has 2 nitrogen and oxygen atoms in total. The molecule has 0 bridgehead atoms. The molecule has 0 amide bonds. The standard InChI is InChI=1S/C14H18BrF3N2/c15-12-7-10(14(16,17)18)3-6-13(12)20-8-9-1-4-11(19)5-2-9/h3,6-7,9,11,20H,1-2,4-5,8,19H2. The molecule has 6 heteroatoms. The summed E-state index contributed by atoms with van der Waals surface area (Å²) < 4.78 is 38.1. The number of hydrogen-bond acceptors (Lipinski definition) is 2. The minimum atomic E-state index is -4.31. The topological polar surface area (TPSA) is 38.0 Å². The van der Waals surface area contributed by atoms with E-state index >= 15 is 0 Å². The highest BCUT2D eigenvalue weighted by molar-refractivity contribution is 9.10. The van der Waals surface area contributed by atoms with E-state index in [1.165, 1.54) is 6.07 Å². The zero-order chi connectivity index (χ0) is 14.8. The van der Waals surface area contributed by atoms with E-state index in [1.54, 1.807) is 0 Å².